The van der Waals surface area contributed by atoms with E-state index in [4.69, 9.17) is 22.1 Å². The summed E-state index contributed by atoms with van der Waals surface area (Å²) in [5.41, 5.74) is 5.88. The highest BCUT2D eigenvalue weighted by molar-refractivity contribution is 6.31. The lowest BCUT2D eigenvalue weighted by Gasteiger charge is -2.12. The fraction of sp³-hybridized carbons (Fsp3) is 0.167. The summed E-state index contributed by atoms with van der Waals surface area (Å²) in [5.74, 6) is 0.371. The van der Waals surface area contributed by atoms with Crippen LogP contribution in [0.4, 0.5) is 23.1 Å². The van der Waals surface area contributed by atoms with Crippen LogP contribution in [-0.2, 0) is 0 Å². The van der Waals surface area contributed by atoms with Crippen molar-refractivity contribution in [2.24, 2.45) is 0 Å². The largest absolute Gasteiger partial charge is 0.495 e. The van der Waals surface area contributed by atoms with Crippen LogP contribution in [-0.4, -0.2) is 22.0 Å². The lowest BCUT2D eigenvalue weighted by molar-refractivity contribution is -0.385. The molecule has 1 aromatic heterocycles. The molecule has 110 valence electrons. The second kappa shape index (κ2) is 5.80. The minimum Gasteiger partial charge on any atom is -0.495 e. The predicted octanol–water partition coefficient (Wildman–Crippen LogP) is 2.68. The van der Waals surface area contributed by atoms with E-state index in [1.54, 1.807) is 18.2 Å². The van der Waals surface area contributed by atoms with E-state index in [1.165, 1.54) is 14.0 Å². The average molecular weight is 310 g/mol. The van der Waals surface area contributed by atoms with Crippen LogP contribution >= 0.6 is 11.6 Å². The summed E-state index contributed by atoms with van der Waals surface area (Å²) in [4.78, 5) is 18.2. The van der Waals surface area contributed by atoms with Gasteiger partial charge in [-0.15, -0.1) is 0 Å². The lowest BCUT2D eigenvalue weighted by atomic mass is 10.2. The van der Waals surface area contributed by atoms with Gasteiger partial charge in [-0.1, -0.05) is 11.6 Å². The van der Waals surface area contributed by atoms with E-state index in [9.17, 15) is 10.1 Å². The summed E-state index contributed by atoms with van der Waals surface area (Å²) in [6.07, 6.45) is 0. The summed E-state index contributed by atoms with van der Waals surface area (Å²) in [6.45, 7) is 1.48. The van der Waals surface area contributed by atoms with Crippen molar-refractivity contribution in [2.75, 3.05) is 18.2 Å². The summed E-state index contributed by atoms with van der Waals surface area (Å²) >= 11 is 5.92. The first-order valence-electron chi connectivity index (χ1n) is 5.81. The van der Waals surface area contributed by atoms with Gasteiger partial charge in [-0.05, 0) is 25.1 Å². The van der Waals surface area contributed by atoms with E-state index in [1.807, 2.05) is 0 Å². The molecule has 0 saturated carbocycles. The minimum atomic E-state index is -0.575. The maximum absolute atomic E-state index is 11.2. The minimum absolute atomic E-state index is 0.0226. The first-order valence-corrected chi connectivity index (χ1v) is 6.19. The molecule has 0 unspecified atom stereocenters. The molecule has 9 heteroatoms. The molecule has 0 fully saturated rings. The second-order valence-corrected chi connectivity index (χ2v) is 4.53. The number of nitrogen functional groups attached to an aromatic ring is 1. The third kappa shape index (κ3) is 3.11. The molecule has 1 heterocycles. The Labute approximate surface area is 125 Å². The number of nitrogens with zero attached hydrogens (tertiary/aromatic N) is 3. The van der Waals surface area contributed by atoms with Crippen molar-refractivity contribution >= 4 is 34.7 Å². The molecule has 0 radical (unpaired) electrons. The standard InChI is InChI=1S/C12H12ClN5O3/c1-6-10(18(19)20)11(17-12(14)15-6)16-8-5-7(13)3-4-9(8)21-2/h3-5H,1-2H3,(H3,14,15,16,17). The second-order valence-electron chi connectivity index (χ2n) is 4.09. The van der Waals surface area contributed by atoms with E-state index >= 15 is 0 Å². The number of hydrogen-bond donors (Lipinski definition) is 2. The predicted molar refractivity (Wildman–Crippen MR) is 79.1 cm³/mol. The van der Waals surface area contributed by atoms with Gasteiger partial charge in [-0.2, -0.15) is 4.98 Å². The molecule has 1 aromatic carbocycles. The topological polar surface area (TPSA) is 116 Å². The molecule has 0 aliphatic rings. The number of nitro groups is 1. The van der Waals surface area contributed by atoms with Gasteiger partial charge in [-0.3, -0.25) is 10.1 Å². The first kappa shape index (κ1) is 14.8. The number of methoxy groups -OCH3 is 1. The zero-order chi connectivity index (χ0) is 15.6. The van der Waals surface area contributed by atoms with Crippen molar-refractivity contribution in [3.05, 3.63) is 39.0 Å². The Balaban J connectivity index is 2.53. The fourth-order valence-corrected chi connectivity index (χ4v) is 1.97. The van der Waals surface area contributed by atoms with Crippen LogP contribution in [0.25, 0.3) is 0 Å². The summed E-state index contributed by atoms with van der Waals surface area (Å²) in [5, 5.41) is 14.4. The molecule has 0 spiro atoms. The summed E-state index contributed by atoms with van der Waals surface area (Å²) < 4.78 is 5.17. The molecule has 21 heavy (non-hydrogen) atoms. The maximum atomic E-state index is 11.2. The van der Waals surface area contributed by atoms with E-state index in [-0.39, 0.29) is 23.1 Å². The molecule has 0 amide bonds. The zero-order valence-electron chi connectivity index (χ0n) is 11.3. The van der Waals surface area contributed by atoms with Crippen molar-refractivity contribution in [2.45, 2.75) is 6.92 Å². The normalized spacial score (nSPS) is 10.2. The lowest BCUT2D eigenvalue weighted by Crippen LogP contribution is -2.07. The maximum Gasteiger partial charge on any atom is 0.332 e. The van der Waals surface area contributed by atoms with Crippen LogP contribution in [0.5, 0.6) is 5.75 Å². The van der Waals surface area contributed by atoms with Gasteiger partial charge in [0.25, 0.3) is 0 Å². The summed E-state index contributed by atoms with van der Waals surface area (Å²) in [6, 6.07) is 4.84. The molecule has 3 N–H and O–H groups in total. The monoisotopic (exact) mass is 309 g/mol. The number of nitrogens with two attached hydrogens (primary N) is 1. The van der Waals surface area contributed by atoms with Crippen molar-refractivity contribution < 1.29 is 9.66 Å². The Morgan fingerprint density at radius 3 is 2.76 bits per heavy atom. The molecule has 2 aromatic rings. The molecular formula is C12H12ClN5O3. The Hall–Kier alpha value is -2.61. The van der Waals surface area contributed by atoms with E-state index < -0.39 is 4.92 Å². The Morgan fingerprint density at radius 2 is 2.14 bits per heavy atom. The Kier molecular flexibility index (Phi) is 4.08. The van der Waals surface area contributed by atoms with E-state index in [0.29, 0.717) is 16.5 Å². The number of halogens is 1. The molecule has 8 nitrogen and oxygen atoms in total. The molecule has 0 aliphatic carbocycles. The van der Waals surface area contributed by atoms with Gasteiger partial charge in [-0.25, -0.2) is 4.98 Å². The number of benzene rings is 1. The van der Waals surface area contributed by atoms with E-state index in [0.717, 1.165) is 0 Å². The Morgan fingerprint density at radius 1 is 1.43 bits per heavy atom. The Bertz CT molecular complexity index is 708. The van der Waals surface area contributed by atoms with Crippen LogP contribution in [0, 0.1) is 17.0 Å². The molecule has 0 aliphatic heterocycles. The van der Waals surface area contributed by atoms with E-state index in [2.05, 4.69) is 15.3 Å². The van der Waals surface area contributed by atoms with Gasteiger partial charge in [0.1, 0.15) is 11.4 Å². The molecule has 0 bridgehead atoms. The zero-order valence-corrected chi connectivity index (χ0v) is 12.0. The van der Waals surface area contributed by atoms with Crippen molar-refractivity contribution in [1.82, 2.24) is 9.97 Å². The number of hydrogen-bond acceptors (Lipinski definition) is 7. The third-order valence-corrected chi connectivity index (χ3v) is 2.91. The van der Waals surface area contributed by atoms with Crippen LogP contribution in [0.2, 0.25) is 5.02 Å². The highest BCUT2D eigenvalue weighted by Crippen LogP contribution is 2.34. The number of nitrogens with one attached hydrogen (secondary N) is 1. The van der Waals surface area contributed by atoms with Crippen LogP contribution in [0.3, 0.4) is 0 Å². The average Bonchev–Trinajstić information content (AvgIpc) is 2.37. The number of aryl methyl sites for hydroxylation is 1. The number of ether oxygens (including phenoxy) is 1. The first-order chi connectivity index (χ1) is 9.92. The van der Waals surface area contributed by atoms with Crippen LogP contribution in [0.15, 0.2) is 18.2 Å². The van der Waals surface area contributed by atoms with Gasteiger partial charge >= 0.3 is 5.69 Å². The van der Waals surface area contributed by atoms with Gasteiger partial charge in [0.2, 0.25) is 11.8 Å². The van der Waals surface area contributed by atoms with Crippen molar-refractivity contribution in [3.63, 3.8) is 0 Å². The molecule has 0 saturated heterocycles. The molecule has 2 rings (SSSR count). The van der Waals surface area contributed by atoms with Crippen LogP contribution in [0.1, 0.15) is 5.69 Å². The quantitative estimate of drug-likeness (QED) is 0.658. The van der Waals surface area contributed by atoms with Crippen molar-refractivity contribution in [1.29, 1.82) is 0 Å². The van der Waals surface area contributed by atoms with Gasteiger partial charge < -0.3 is 15.8 Å². The third-order valence-electron chi connectivity index (χ3n) is 2.67. The fourth-order valence-electron chi connectivity index (χ4n) is 1.80. The number of rotatable bonds is 4. The van der Waals surface area contributed by atoms with Crippen molar-refractivity contribution in [3.8, 4) is 5.75 Å². The highest BCUT2D eigenvalue weighted by Gasteiger charge is 2.22. The summed E-state index contributed by atoms with van der Waals surface area (Å²) in [7, 11) is 1.47. The molecular weight excluding hydrogens is 298 g/mol. The van der Waals surface area contributed by atoms with Gasteiger partial charge in [0.05, 0.1) is 17.7 Å². The number of anilines is 3. The van der Waals surface area contributed by atoms with Crippen LogP contribution < -0.4 is 15.8 Å². The smallest absolute Gasteiger partial charge is 0.332 e. The number of aromatic nitrogens is 2. The SMILES string of the molecule is COc1ccc(Cl)cc1Nc1nc(N)nc(C)c1[N+](=O)[O-]. The molecule has 0 atom stereocenters. The van der Waals surface area contributed by atoms with Gasteiger partial charge in [0.15, 0.2) is 0 Å². The van der Waals surface area contributed by atoms with Gasteiger partial charge in [0, 0.05) is 5.02 Å². The highest BCUT2D eigenvalue weighted by atomic mass is 35.5.